The molecule has 3 aliphatic rings. The van der Waals surface area contributed by atoms with Crippen molar-refractivity contribution in [2.45, 2.75) is 187 Å². The van der Waals surface area contributed by atoms with E-state index >= 15 is 4.79 Å². The average molecular weight is 1160 g/mol. The van der Waals surface area contributed by atoms with E-state index in [1.165, 1.54) is 54.7 Å². The summed E-state index contributed by atoms with van der Waals surface area (Å²) in [6.07, 6.45) is -5.67. The van der Waals surface area contributed by atoms with Gasteiger partial charge in [0.05, 0.1) is 31.6 Å². The summed E-state index contributed by atoms with van der Waals surface area (Å²) in [6, 6.07) is 5.94. The molecule has 3 heterocycles. The molecule has 1 unspecified atom stereocenters. The molecular weight excluding hydrogens is 1070 g/mol. The van der Waals surface area contributed by atoms with E-state index in [0.717, 1.165) is 0 Å². The van der Waals surface area contributed by atoms with Gasteiger partial charge in [-0.05, 0) is 99.3 Å². The number of aliphatic hydroxyl groups is 2. The minimum atomic E-state index is -1.78. The van der Waals surface area contributed by atoms with Gasteiger partial charge in [-0.25, -0.2) is 4.79 Å². The number of amides is 7. The number of cyclic esters (lactones) is 2. The highest BCUT2D eigenvalue weighted by Gasteiger charge is 2.46. The maximum absolute atomic E-state index is 15.0. The molecule has 3 aliphatic heterocycles. The summed E-state index contributed by atoms with van der Waals surface area (Å²) in [4.78, 5) is 150. The summed E-state index contributed by atoms with van der Waals surface area (Å²) in [7, 11) is 4.29. The van der Waals surface area contributed by atoms with Crippen molar-refractivity contribution in [3.63, 3.8) is 0 Å². The van der Waals surface area contributed by atoms with Crippen LogP contribution < -0.4 is 20.7 Å². The van der Waals surface area contributed by atoms with Crippen LogP contribution in [0.5, 0.6) is 5.75 Å². The Bertz CT molecular complexity index is 2610. The second kappa shape index (κ2) is 30.0. The molecule has 3 saturated heterocycles. The Labute approximate surface area is 488 Å². The van der Waals surface area contributed by atoms with Crippen LogP contribution in [0.4, 0.5) is 0 Å². The van der Waals surface area contributed by atoms with Gasteiger partial charge in [0.2, 0.25) is 35.4 Å². The lowest BCUT2D eigenvalue weighted by Crippen LogP contribution is -2.62. The molecule has 0 radical (unpaired) electrons. The molecule has 0 aliphatic carbocycles. The molecule has 458 valence electrons. The van der Waals surface area contributed by atoms with Crippen LogP contribution in [0.15, 0.2) is 54.6 Å². The number of carbonyl (C=O) groups excluding carboxylic acids is 10. The van der Waals surface area contributed by atoms with Crippen LogP contribution in [0.25, 0.3) is 0 Å². The number of nitrogens with zero attached hydrogens (tertiary/aromatic N) is 4. The smallest absolute Gasteiger partial charge is 0.329 e. The number of benzene rings is 2. The van der Waals surface area contributed by atoms with Gasteiger partial charge >= 0.3 is 11.9 Å². The summed E-state index contributed by atoms with van der Waals surface area (Å²) >= 11 is 0. The van der Waals surface area contributed by atoms with Crippen molar-refractivity contribution in [3.05, 3.63) is 65.7 Å². The van der Waals surface area contributed by atoms with E-state index in [9.17, 15) is 53.4 Å². The lowest BCUT2D eigenvalue weighted by atomic mass is 9.92. The van der Waals surface area contributed by atoms with Gasteiger partial charge in [-0.1, -0.05) is 97.9 Å². The first kappa shape index (κ1) is 66.9. The third kappa shape index (κ3) is 17.1. The molecule has 83 heavy (non-hydrogen) atoms. The molecule has 0 saturated carbocycles. The number of rotatable bonds is 15. The van der Waals surface area contributed by atoms with E-state index in [4.69, 9.17) is 14.2 Å². The molecule has 2 aromatic rings. The summed E-state index contributed by atoms with van der Waals surface area (Å²) in [5.41, 5.74) is 0.907. The fraction of sp³-hybridized carbons (Fsp3) is 0.639. The Hall–Kier alpha value is -6.94. The number of likely N-dealkylation sites (tertiary alicyclic amines) is 1. The predicted octanol–water partition coefficient (Wildman–Crippen LogP) is 3.28. The first-order chi connectivity index (χ1) is 39.1. The van der Waals surface area contributed by atoms with E-state index < -0.39 is 150 Å². The Kier molecular flexibility index (Phi) is 24.2. The molecular formula is C61H89N7O15. The van der Waals surface area contributed by atoms with Crippen LogP contribution in [0.3, 0.4) is 0 Å². The quantitative estimate of drug-likeness (QED) is 0.126. The van der Waals surface area contributed by atoms with E-state index in [0.29, 0.717) is 29.7 Å². The number of ether oxygens (including phenoxy) is 3. The van der Waals surface area contributed by atoms with Crippen LogP contribution in [0.1, 0.15) is 131 Å². The summed E-state index contributed by atoms with van der Waals surface area (Å²) in [5.74, 6) is -10.5. The number of Topliss-reactive ketones (excluding diaryl/α,β-unsaturated/α-hetero) is 1. The zero-order chi connectivity index (χ0) is 61.7. The van der Waals surface area contributed by atoms with Gasteiger partial charge in [0.15, 0.2) is 18.0 Å². The number of hydrogen-bond donors (Lipinski definition) is 5. The Morgan fingerprint density at radius 1 is 0.807 bits per heavy atom. The molecule has 7 amide bonds. The standard InChI is InChI=1S/C61H89N7O15/c1-33(2)29-42-57(76)67-27-17-21-43(67)59(78)66(12)46(31-39-23-25-41(81-13)26-24-39)61(80)82-38(10)50(56(75)63-49(35(5)6)47(69)32-48(70)83-53(36(7)8)51(71)37(9)54(73)62-42)64-55(74)45(30-34(3)4)65(11)58(77)44-22-18-28-68(44)60(79)52(72)40-19-15-14-16-20-40/h14-16,19-20,23-26,33-38,42-47,49-50,52-53,69,72H,17-18,21-22,27-32H2,1-13H3,(H,62,73)(H,63,75)(H,64,74)/t37-,38+,42-,43-,44-,45+,46-,47-,49+,50-,52+,53?/m0/s1. The largest absolute Gasteiger partial charge is 0.497 e. The minimum Gasteiger partial charge on any atom is -0.497 e. The molecule has 0 bridgehead atoms. The van der Waals surface area contributed by atoms with Gasteiger partial charge in [-0.15, -0.1) is 0 Å². The lowest BCUT2D eigenvalue weighted by molar-refractivity contribution is -0.163. The number of aliphatic hydroxyl groups excluding tert-OH is 2. The van der Waals surface area contributed by atoms with E-state index in [2.05, 4.69) is 16.0 Å². The molecule has 3 fully saturated rings. The normalized spacial score (nSPS) is 26.5. The molecule has 5 N–H and O–H groups in total. The zero-order valence-electron chi connectivity index (χ0n) is 50.5. The first-order valence-corrected chi connectivity index (χ1v) is 29.1. The van der Waals surface area contributed by atoms with E-state index in [-0.39, 0.29) is 57.0 Å². The average Bonchev–Trinajstić information content (AvgIpc) is 4.24. The van der Waals surface area contributed by atoms with Crippen LogP contribution >= 0.6 is 0 Å². The topological polar surface area (TPSA) is 288 Å². The third-order valence-corrected chi connectivity index (χ3v) is 15.9. The van der Waals surface area contributed by atoms with Gasteiger partial charge in [0, 0.05) is 33.6 Å². The highest BCUT2D eigenvalue weighted by Crippen LogP contribution is 2.29. The van der Waals surface area contributed by atoms with Gasteiger partial charge in [0.25, 0.3) is 5.91 Å². The van der Waals surface area contributed by atoms with Crippen molar-refractivity contribution < 1.29 is 72.4 Å². The number of carbonyl (C=O) groups is 10. The number of methoxy groups -OCH3 is 1. The molecule has 12 atom stereocenters. The maximum atomic E-state index is 15.0. The first-order valence-electron chi connectivity index (χ1n) is 29.1. The fourth-order valence-corrected chi connectivity index (χ4v) is 11.0. The Morgan fingerprint density at radius 2 is 1.45 bits per heavy atom. The van der Waals surface area contributed by atoms with Gasteiger partial charge < -0.3 is 60.0 Å². The highest BCUT2D eigenvalue weighted by atomic mass is 16.6. The van der Waals surface area contributed by atoms with Crippen molar-refractivity contribution in [3.8, 4) is 5.75 Å². The summed E-state index contributed by atoms with van der Waals surface area (Å²) in [5, 5.41) is 31.1. The number of nitrogens with one attached hydrogen (secondary N) is 3. The fourth-order valence-electron chi connectivity index (χ4n) is 11.0. The van der Waals surface area contributed by atoms with E-state index in [1.807, 2.05) is 27.7 Å². The van der Waals surface area contributed by atoms with Crippen LogP contribution in [-0.4, -0.2) is 184 Å². The summed E-state index contributed by atoms with van der Waals surface area (Å²) in [6.45, 7) is 16.9. The van der Waals surface area contributed by atoms with Crippen LogP contribution in [0.2, 0.25) is 0 Å². The molecule has 0 spiro atoms. The molecule has 5 rings (SSSR count). The van der Waals surface area contributed by atoms with Gasteiger partial charge in [0.1, 0.15) is 48.1 Å². The third-order valence-electron chi connectivity index (χ3n) is 15.9. The monoisotopic (exact) mass is 1160 g/mol. The van der Waals surface area contributed by atoms with Crippen molar-refractivity contribution in [1.29, 1.82) is 0 Å². The minimum absolute atomic E-state index is 0.0535. The second-order valence-electron chi connectivity index (χ2n) is 24.0. The van der Waals surface area contributed by atoms with Crippen molar-refractivity contribution in [1.82, 2.24) is 35.6 Å². The molecule has 0 aromatic heterocycles. The molecule has 2 aromatic carbocycles. The zero-order valence-corrected chi connectivity index (χ0v) is 50.5. The summed E-state index contributed by atoms with van der Waals surface area (Å²) < 4.78 is 17.2. The lowest BCUT2D eigenvalue weighted by Gasteiger charge is -2.36. The van der Waals surface area contributed by atoms with Gasteiger partial charge in [-0.3, -0.25) is 43.2 Å². The van der Waals surface area contributed by atoms with Crippen molar-refractivity contribution >= 4 is 59.1 Å². The number of likely N-dealkylation sites (N-methyl/N-ethyl adjacent to an activating group) is 2. The highest BCUT2D eigenvalue weighted by molar-refractivity contribution is 6.05. The van der Waals surface area contributed by atoms with Crippen LogP contribution in [-0.2, 0) is 63.8 Å². The number of fused-ring (bicyclic) bond motifs is 1. The number of hydrogen-bond acceptors (Lipinski definition) is 15. The van der Waals surface area contributed by atoms with E-state index in [1.54, 1.807) is 82.3 Å². The van der Waals surface area contributed by atoms with Gasteiger partial charge in [-0.2, -0.15) is 0 Å². The van der Waals surface area contributed by atoms with Crippen LogP contribution in [0, 0.1) is 29.6 Å². The predicted molar refractivity (Wildman–Crippen MR) is 305 cm³/mol. The van der Waals surface area contributed by atoms with Crippen molar-refractivity contribution in [2.75, 3.05) is 34.3 Å². The number of ketones is 1. The van der Waals surface area contributed by atoms with Crippen molar-refractivity contribution in [2.24, 2.45) is 29.6 Å². The Balaban J connectivity index is 1.59. The SMILES string of the molecule is COc1ccc(C[C@H]2C(=O)O[C@H](C)[C@H](NC(=O)[C@@H](CC(C)C)N(C)C(=O)[C@@H]3CCCN3C(=O)[C@H](O)c3ccccc3)C(=O)N[C@H](C(C)C)[C@@H](O)CC(=O)OC(C(C)C)C(=O)[C@H](C)C(=O)N[C@@H](CC(C)C)C(=O)N3CCC[C@H]3C(=O)N2C)cc1. The molecule has 22 nitrogen and oxygen atoms in total. The number of esters is 2. The molecule has 22 heteroatoms. The maximum Gasteiger partial charge on any atom is 0.329 e. The Morgan fingerprint density at radius 3 is 2.04 bits per heavy atom. The second-order valence-corrected chi connectivity index (χ2v) is 24.0.